The number of carbonyl (C=O) groups excluding carboxylic acids is 1. The summed E-state index contributed by atoms with van der Waals surface area (Å²) in [4.78, 5) is 21.2. The molecular weight excluding hydrogens is 396 g/mol. The van der Waals surface area contributed by atoms with E-state index < -0.39 is 22.9 Å². The van der Waals surface area contributed by atoms with Crippen LogP contribution >= 0.6 is 12.6 Å². The lowest BCUT2D eigenvalue weighted by atomic mass is 10.0. The van der Waals surface area contributed by atoms with Crippen LogP contribution in [0.5, 0.6) is 5.75 Å². The second-order valence-corrected chi connectivity index (χ2v) is 9.47. The van der Waals surface area contributed by atoms with E-state index in [2.05, 4.69) is 23.3 Å². The Morgan fingerprint density at radius 2 is 1.72 bits per heavy atom. The molecule has 6 N–H and O–H groups in total. The van der Waals surface area contributed by atoms with Crippen molar-refractivity contribution < 1.29 is 30.0 Å². The number of β-amino-alcohol motifs (C(OH)–C–C–N with tert-alkyl or cyclic N) is 1. The highest BCUT2D eigenvalue weighted by Gasteiger charge is 2.32. The van der Waals surface area contributed by atoms with Crippen molar-refractivity contribution >= 4 is 24.5 Å². The summed E-state index contributed by atoms with van der Waals surface area (Å²) in [5.41, 5.74) is 1.05. The van der Waals surface area contributed by atoms with Gasteiger partial charge >= 0.3 is 5.97 Å². The first kappa shape index (κ1) is 27.2. The Morgan fingerprint density at radius 1 is 1.17 bits per heavy atom. The van der Waals surface area contributed by atoms with Crippen LogP contribution in [0.25, 0.3) is 0 Å². The fourth-order valence-corrected chi connectivity index (χ4v) is 2.38. The van der Waals surface area contributed by atoms with E-state index in [4.69, 9.17) is 10.2 Å². The zero-order valence-corrected chi connectivity index (χ0v) is 18.7. The van der Waals surface area contributed by atoms with Gasteiger partial charge in [-0.2, -0.15) is 12.6 Å². The average Bonchev–Trinajstić information content (AvgIpc) is 2.56. The molecule has 1 amide bonds. The molecule has 1 rings (SSSR count). The molecule has 0 saturated carbocycles. The van der Waals surface area contributed by atoms with Gasteiger partial charge in [-0.05, 0) is 52.3 Å². The van der Waals surface area contributed by atoms with Crippen molar-refractivity contribution in [2.75, 3.05) is 6.54 Å². The van der Waals surface area contributed by atoms with Crippen molar-refractivity contribution in [3.63, 3.8) is 0 Å². The molecule has 29 heavy (non-hydrogen) atoms. The number of carbonyl (C=O) groups is 2. The van der Waals surface area contributed by atoms with E-state index in [0.717, 1.165) is 0 Å². The fourth-order valence-electron chi connectivity index (χ4n) is 2.20. The van der Waals surface area contributed by atoms with Crippen molar-refractivity contribution in [1.29, 1.82) is 0 Å². The van der Waals surface area contributed by atoms with Gasteiger partial charge in [0.15, 0.2) is 0 Å². The van der Waals surface area contributed by atoms with Gasteiger partial charge in [-0.15, -0.1) is 0 Å². The highest BCUT2D eigenvalue weighted by molar-refractivity contribution is 7.81. The monoisotopic (exact) mass is 430 g/mol. The number of carboxylic acid groups (broad SMARTS) is 1. The zero-order valence-electron chi connectivity index (χ0n) is 17.9. The maximum absolute atomic E-state index is 10.6. The molecule has 9 heteroatoms. The van der Waals surface area contributed by atoms with Crippen molar-refractivity contribution in [1.82, 2.24) is 10.6 Å². The average molecular weight is 431 g/mol. The fraction of sp³-hybridized carbons (Fsp3) is 0.600. The van der Waals surface area contributed by atoms with E-state index in [9.17, 15) is 19.8 Å². The highest BCUT2D eigenvalue weighted by atomic mass is 32.1. The van der Waals surface area contributed by atoms with Gasteiger partial charge in [0.2, 0.25) is 5.91 Å². The Labute approximate surface area is 177 Å². The number of aliphatic hydroxyl groups is 2. The third-order valence-electron chi connectivity index (χ3n) is 3.79. The molecular formula is C20H34N2O6S. The molecule has 1 aromatic rings. The largest absolute Gasteiger partial charge is 0.508 e. The molecule has 2 unspecified atom stereocenters. The SMILES string of the molecule is CC(=O)NC(C(=O)O)C(C)(C)S.CC(C)(C)NCC(O)c1ccc(O)c(CO)c1. The quantitative estimate of drug-likeness (QED) is 0.326. The predicted octanol–water partition coefficient (Wildman–Crippen LogP) is 1.59. The summed E-state index contributed by atoms with van der Waals surface area (Å²) in [5.74, 6) is -1.40. The number of hydrogen-bond acceptors (Lipinski definition) is 7. The van der Waals surface area contributed by atoms with Crippen LogP contribution in [0.1, 0.15) is 58.8 Å². The minimum absolute atomic E-state index is 0.0484. The molecule has 0 aliphatic rings. The Bertz CT molecular complexity index is 683. The van der Waals surface area contributed by atoms with Crippen LogP contribution in [-0.2, 0) is 16.2 Å². The van der Waals surface area contributed by atoms with E-state index >= 15 is 0 Å². The standard InChI is InChI=1S/C13H21NO3.C7H13NO3S/c1-13(2,3)14-7-12(17)9-4-5-11(16)10(6-9)8-15;1-4(9)8-5(6(10)11)7(2,3)12/h4-6,12,14-17H,7-8H2,1-3H3;5,12H,1-3H3,(H,8,9)(H,10,11). The minimum Gasteiger partial charge on any atom is -0.508 e. The number of nitrogens with one attached hydrogen (secondary N) is 2. The van der Waals surface area contributed by atoms with E-state index in [1.165, 1.54) is 13.0 Å². The molecule has 0 aromatic heterocycles. The van der Waals surface area contributed by atoms with Crippen LogP contribution in [0, 0.1) is 0 Å². The molecule has 0 aliphatic carbocycles. The summed E-state index contributed by atoms with van der Waals surface area (Å²) in [5, 5.41) is 42.6. The van der Waals surface area contributed by atoms with Crippen LogP contribution in [0.15, 0.2) is 18.2 Å². The number of aliphatic hydroxyl groups excluding tert-OH is 2. The van der Waals surface area contributed by atoms with E-state index in [-0.39, 0.29) is 23.8 Å². The third kappa shape index (κ3) is 11.1. The Balaban J connectivity index is 0.000000578. The van der Waals surface area contributed by atoms with Gasteiger partial charge in [0.05, 0.1) is 12.7 Å². The summed E-state index contributed by atoms with van der Waals surface area (Å²) in [6.07, 6.45) is -0.653. The topological polar surface area (TPSA) is 139 Å². The van der Waals surface area contributed by atoms with Crippen LogP contribution in [0.2, 0.25) is 0 Å². The molecule has 0 bridgehead atoms. The maximum Gasteiger partial charge on any atom is 0.327 e. The number of hydrogen-bond donors (Lipinski definition) is 7. The molecule has 0 saturated heterocycles. The van der Waals surface area contributed by atoms with Crippen molar-refractivity contribution in [3.8, 4) is 5.75 Å². The second kappa shape index (κ2) is 11.4. The first-order valence-corrected chi connectivity index (χ1v) is 9.61. The summed E-state index contributed by atoms with van der Waals surface area (Å²) >= 11 is 4.07. The lowest BCUT2D eigenvalue weighted by Crippen LogP contribution is -2.50. The first-order chi connectivity index (χ1) is 13.1. The lowest BCUT2D eigenvalue weighted by Gasteiger charge is -2.26. The first-order valence-electron chi connectivity index (χ1n) is 9.16. The van der Waals surface area contributed by atoms with E-state index in [1.54, 1.807) is 26.0 Å². The van der Waals surface area contributed by atoms with Gasteiger partial charge in [0.1, 0.15) is 11.8 Å². The zero-order chi connectivity index (χ0) is 23.0. The van der Waals surface area contributed by atoms with Crippen LogP contribution in [0.3, 0.4) is 0 Å². The van der Waals surface area contributed by atoms with Crippen LogP contribution in [-0.4, -0.2) is 55.2 Å². The third-order valence-corrected chi connectivity index (χ3v) is 4.04. The molecule has 2 atom stereocenters. The highest BCUT2D eigenvalue weighted by Crippen LogP contribution is 2.22. The molecule has 0 fully saturated rings. The predicted molar refractivity (Wildman–Crippen MR) is 115 cm³/mol. The smallest absolute Gasteiger partial charge is 0.327 e. The number of amides is 1. The Hall–Kier alpha value is -1.81. The number of rotatable bonds is 7. The summed E-state index contributed by atoms with van der Waals surface area (Å²) in [6.45, 7) is 10.8. The summed E-state index contributed by atoms with van der Waals surface area (Å²) in [7, 11) is 0. The number of aromatic hydroxyl groups is 1. The maximum atomic E-state index is 10.6. The van der Waals surface area contributed by atoms with Gasteiger partial charge in [-0.25, -0.2) is 4.79 Å². The number of benzene rings is 1. The summed E-state index contributed by atoms with van der Waals surface area (Å²) < 4.78 is -0.766. The van der Waals surface area contributed by atoms with Crippen molar-refractivity contribution in [3.05, 3.63) is 29.3 Å². The molecule has 0 radical (unpaired) electrons. The van der Waals surface area contributed by atoms with Crippen molar-refractivity contribution in [2.45, 2.75) is 70.6 Å². The number of phenols is 1. The van der Waals surface area contributed by atoms with Gasteiger partial charge in [0.25, 0.3) is 0 Å². The molecule has 8 nitrogen and oxygen atoms in total. The lowest BCUT2D eigenvalue weighted by molar-refractivity contribution is -0.142. The number of thiol groups is 1. The minimum atomic E-state index is -1.08. The van der Waals surface area contributed by atoms with E-state index in [1.807, 2.05) is 20.8 Å². The van der Waals surface area contributed by atoms with E-state index in [0.29, 0.717) is 17.7 Å². The second-order valence-electron chi connectivity index (χ2n) is 8.32. The van der Waals surface area contributed by atoms with Crippen molar-refractivity contribution in [2.24, 2.45) is 0 Å². The number of aliphatic carboxylic acids is 1. The molecule has 0 aliphatic heterocycles. The van der Waals surface area contributed by atoms with Gasteiger partial charge in [0, 0.05) is 29.3 Å². The molecule has 0 heterocycles. The Kier molecular flexibility index (Phi) is 10.7. The van der Waals surface area contributed by atoms with Gasteiger partial charge in [-0.1, -0.05) is 6.07 Å². The van der Waals surface area contributed by atoms with Gasteiger partial charge < -0.3 is 31.1 Å². The van der Waals surface area contributed by atoms with Crippen LogP contribution < -0.4 is 10.6 Å². The Morgan fingerprint density at radius 3 is 2.07 bits per heavy atom. The summed E-state index contributed by atoms with van der Waals surface area (Å²) in [6, 6.07) is 3.80. The molecule has 166 valence electrons. The molecule has 0 spiro atoms. The number of carboxylic acids is 1. The van der Waals surface area contributed by atoms with Gasteiger partial charge in [-0.3, -0.25) is 4.79 Å². The van der Waals surface area contributed by atoms with Crippen LogP contribution in [0.4, 0.5) is 0 Å². The normalized spacial score (nSPS) is 13.7. The molecule has 1 aromatic carbocycles.